The first-order valence-electron chi connectivity index (χ1n) is 5.05. The molecule has 1 unspecified atom stereocenters. The minimum Gasteiger partial charge on any atom is -0.486 e. The van der Waals surface area contributed by atoms with Gasteiger partial charge >= 0.3 is 0 Å². The van der Waals surface area contributed by atoms with Crippen LogP contribution in [0, 0.1) is 0 Å². The molecule has 0 saturated heterocycles. The Morgan fingerprint density at radius 2 is 2.06 bits per heavy atom. The monoisotopic (exact) mass is 263 g/mol. The zero-order valence-electron chi connectivity index (χ0n) is 8.82. The molecule has 0 bridgehead atoms. The third kappa shape index (κ3) is 3.44. The summed E-state index contributed by atoms with van der Waals surface area (Å²) in [7, 11) is 0. The number of ether oxygens (including phenoxy) is 2. The number of hydrogen-bond acceptors (Lipinski definition) is 3. The smallest absolute Gasteiger partial charge is 0.161 e. The van der Waals surface area contributed by atoms with Crippen molar-refractivity contribution in [1.82, 2.24) is 5.32 Å². The van der Waals surface area contributed by atoms with E-state index in [0.29, 0.717) is 12.5 Å². The maximum absolute atomic E-state index is 5.75. The fourth-order valence-electron chi connectivity index (χ4n) is 1.49. The van der Waals surface area contributed by atoms with Gasteiger partial charge in [0.05, 0.1) is 0 Å². The van der Waals surface area contributed by atoms with E-state index < -0.39 is 0 Å². The molecule has 1 aliphatic heterocycles. The van der Waals surface area contributed by atoms with Crippen LogP contribution in [0.1, 0.15) is 0 Å². The summed E-state index contributed by atoms with van der Waals surface area (Å²) >= 11 is 5.57. The van der Waals surface area contributed by atoms with Crippen molar-refractivity contribution in [3.05, 3.63) is 24.3 Å². The second-order valence-electron chi connectivity index (χ2n) is 3.39. The maximum Gasteiger partial charge on any atom is 0.161 e. The van der Waals surface area contributed by atoms with Gasteiger partial charge in [-0.3, -0.25) is 0 Å². The normalized spacial score (nSPS) is 17.7. The molecule has 2 rings (SSSR count). The summed E-state index contributed by atoms with van der Waals surface area (Å²) in [6, 6.07) is 7.71. The molecule has 0 aliphatic carbocycles. The lowest BCUT2D eigenvalue weighted by Crippen LogP contribution is -2.39. The number of para-hydroxylation sites is 2. The van der Waals surface area contributed by atoms with Crippen molar-refractivity contribution in [2.24, 2.45) is 0 Å². The van der Waals surface area contributed by atoms with Crippen molar-refractivity contribution in [2.45, 2.75) is 6.10 Å². The Kier molecular flexibility index (Phi) is 5.74. The van der Waals surface area contributed by atoms with Crippen LogP contribution in [-0.4, -0.2) is 31.7 Å². The van der Waals surface area contributed by atoms with E-state index in [0.717, 1.165) is 24.6 Å². The molecule has 1 aliphatic rings. The Labute approximate surface area is 106 Å². The van der Waals surface area contributed by atoms with Crippen LogP contribution in [0.2, 0.25) is 0 Å². The van der Waals surface area contributed by atoms with E-state index in [1.165, 1.54) is 0 Å². The van der Waals surface area contributed by atoms with Gasteiger partial charge in [0, 0.05) is 19.0 Å². The Balaban J connectivity index is 0.00000128. The molecule has 1 atom stereocenters. The molecular weight excluding hydrogens is 249 g/mol. The second kappa shape index (κ2) is 6.84. The molecule has 16 heavy (non-hydrogen) atoms. The number of fused-ring (bicyclic) bond motifs is 1. The Morgan fingerprint density at radius 3 is 2.81 bits per heavy atom. The highest BCUT2D eigenvalue weighted by Gasteiger charge is 2.19. The lowest BCUT2D eigenvalue weighted by atomic mass is 10.2. The predicted molar refractivity (Wildman–Crippen MR) is 67.2 cm³/mol. The van der Waals surface area contributed by atoms with E-state index in [2.05, 4.69) is 5.32 Å². The van der Waals surface area contributed by atoms with Crippen LogP contribution in [-0.2, 0) is 0 Å². The lowest BCUT2D eigenvalue weighted by molar-refractivity contribution is 0.0909. The second-order valence-corrected chi connectivity index (χ2v) is 3.77. The molecule has 1 heterocycles. The highest BCUT2D eigenvalue weighted by molar-refractivity contribution is 6.18. The first-order chi connectivity index (χ1) is 7.40. The van der Waals surface area contributed by atoms with E-state index in [1.54, 1.807) is 0 Å². The number of rotatable bonds is 4. The van der Waals surface area contributed by atoms with Crippen LogP contribution in [0.4, 0.5) is 0 Å². The van der Waals surface area contributed by atoms with Gasteiger partial charge in [0.25, 0.3) is 0 Å². The topological polar surface area (TPSA) is 30.5 Å². The van der Waals surface area contributed by atoms with Gasteiger partial charge in [0.1, 0.15) is 12.7 Å². The predicted octanol–water partition coefficient (Wildman–Crippen LogP) is 2.08. The Hall–Kier alpha value is -0.640. The van der Waals surface area contributed by atoms with Crippen LogP contribution >= 0.6 is 24.0 Å². The maximum atomic E-state index is 5.75. The van der Waals surface area contributed by atoms with Gasteiger partial charge in [0.2, 0.25) is 0 Å². The zero-order valence-corrected chi connectivity index (χ0v) is 10.4. The van der Waals surface area contributed by atoms with Crippen molar-refractivity contribution < 1.29 is 9.47 Å². The number of benzene rings is 1. The molecule has 90 valence electrons. The fourth-order valence-corrected chi connectivity index (χ4v) is 1.63. The molecule has 0 fully saturated rings. The summed E-state index contributed by atoms with van der Waals surface area (Å²) in [5.74, 6) is 2.26. The van der Waals surface area contributed by atoms with Crippen LogP contribution in [0.5, 0.6) is 11.5 Å². The minimum absolute atomic E-state index is 0. The summed E-state index contributed by atoms with van der Waals surface area (Å²) in [4.78, 5) is 0. The third-order valence-electron chi connectivity index (χ3n) is 2.21. The van der Waals surface area contributed by atoms with Crippen molar-refractivity contribution in [1.29, 1.82) is 0 Å². The first kappa shape index (κ1) is 13.4. The molecule has 0 saturated carbocycles. The van der Waals surface area contributed by atoms with Gasteiger partial charge in [-0.05, 0) is 12.1 Å². The largest absolute Gasteiger partial charge is 0.486 e. The Morgan fingerprint density at radius 1 is 1.31 bits per heavy atom. The van der Waals surface area contributed by atoms with Crippen LogP contribution in [0.15, 0.2) is 24.3 Å². The molecule has 1 aromatic carbocycles. The number of nitrogens with one attached hydrogen (secondary N) is 1. The van der Waals surface area contributed by atoms with E-state index in [1.807, 2.05) is 24.3 Å². The Bertz CT molecular complexity index is 323. The van der Waals surface area contributed by atoms with Gasteiger partial charge in [-0.25, -0.2) is 0 Å². The van der Waals surface area contributed by atoms with Gasteiger partial charge in [-0.1, -0.05) is 12.1 Å². The van der Waals surface area contributed by atoms with Crippen LogP contribution in [0.25, 0.3) is 0 Å². The highest BCUT2D eigenvalue weighted by Crippen LogP contribution is 2.30. The van der Waals surface area contributed by atoms with Gasteiger partial charge in [-0.2, -0.15) is 0 Å². The van der Waals surface area contributed by atoms with Crippen molar-refractivity contribution in [3.63, 3.8) is 0 Å². The summed E-state index contributed by atoms with van der Waals surface area (Å²) < 4.78 is 11.3. The molecule has 0 spiro atoms. The van der Waals surface area contributed by atoms with Crippen LogP contribution < -0.4 is 14.8 Å². The number of halogens is 2. The number of hydrogen-bond donors (Lipinski definition) is 1. The summed E-state index contributed by atoms with van der Waals surface area (Å²) in [5.41, 5.74) is 0. The third-order valence-corrected chi connectivity index (χ3v) is 2.40. The molecule has 3 nitrogen and oxygen atoms in total. The summed E-state index contributed by atoms with van der Waals surface area (Å²) in [5, 5.41) is 3.20. The molecule has 0 amide bonds. The average molecular weight is 264 g/mol. The lowest BCUT2D eigenvalue weighted by Gasteiger charge is -2.26. The van der Waals surface area contributed by atoms with Gasteiger partial charge in [0.15, 0.2) is 11.5 Å². The van der Waals surface area contributed by atoms with Crippen LogP contribution in [0.3, 0.4) is 0 Å². The van der Waals surface area contributed by atoms with Crippen molar-refractivity contribution >= 4 is 24.0 Å². The highest BCUT2D eigenvalue weighted by atomic mass is 35.5. The average Bonchev–Trinajstić information content (AvgIpc) is 2.29. The minimum atomic E-state index is 0. The van der Waals surface area contributed by atoms with E-state index in [4.69, 9.17) is 21.1 Å². The molecule has 0 radical (unpaired) electrons. The molecular formula is C11H15Cl2NO2. The summed E-state index contributed by atoms with van der Waals surface area (Å²) in [6.45, 7) is 2.15. The van der Waals surface area contributed by atoms with Gasteiger partial charge < -0.3 is 14.8 Å². The van der Waals surface area contributed by atoms with E-state index in [9.17, 15) is 0 Å². The van der Waals surface area contributed by atoms with E-state index in [-0.39, 0.29) is 18.5 Å². The van der Waals surface area contributed by atoms with Crippen molar-refractivity contribution in [3.8, 4) is 11.5 Å². The standard InChI is InChI=1S/C11H14ClNO2.ClH/c12-5-6-13-7-9-8-14-10-3-1-2-4-11(10)15-9;/h1-4,9,13H,5-8H2;1H. The fraction of sp³-hybridized carbons (Fsp3) is 0.455. The van der Waals surface area contributed by atoms with E-state index >= 15 is 0 Å². The quantitative estimate of drug-likeness (QED) is 0.667. The molecule has 1 aromatic rings. The zero-order chi connectivity index (χ0) is 10.5. The van der Waals surface area contributed by atoms with Crippen molar-refractivity contribution in [2.75, 3.05) is 25.6 Å². The first-order valence-corrected chi connectivity index (χ1v) is 5.59. The molecule has 0 aromatic heterocycles. The van der Waals surface area contributed by atoms with Gasteiger partial charge in [-0.15, -0.1) is 24.0 Å². The number of alkyl halides is 1. The molecule has 5 heteroatoms. The molecule has 1 N–H and O–H groups in total. The summed E-state index contributed by atoms with van der Waals surface area (Å²) in [6.07, 6.45) is 0.0723. The SMILES string of the molecule is Cl.ClCCNCC1COc2ccccc2O1.